The van der Waals surface area contributed by atoms with Crippen molar-refractivity contribution >= 4 is 21.6 Å². The molecule has 0 spiro atoms. The number of rotatable bonds is 4. The Labute approximate surface area is 125 Å². The second-order valence-corrected chi connectivity index (χ2v) is 6.41. The zero-order valence-electron chi connectivity index (χ0n) is 12.0. The van der Waals surface area contributed by atoms with Gasteiger partial charge in [-0.15, -0.1) is 0 Å². The number of amides is 1. The fourth-order valence-electron chi connectivity index (χ4n) is 2.05. The fraction of sp³-hybridized carbons (Fsp3) is 0.188. The maximum Gasteiger partial charge on any atom is 0.270 e. The Morgan fingerprint density at radius 2 is 1.57 bits per heavy atom. The first-order valence-electron chi connectivity index (χ1n) is 6.66. The average molecular weight is 303 g/mol. The Morgan fingerprint density at radius 3 is 2.05 bits per heavy atom. The summed E-state index contributed by atoms with van der Waals surface area (Å²) in [4.78, 5) is 12.0. The van der Waals surface area contributed by atoms with E-state index in [0.717, 1.165) is 16.3 Å². The molecular weight excluding hydrogens is 286 g/mol. The molecule has 0 aliphatic carbocycles. The first-order valence-corrected chi connectivity index (χ1v) is 8.10. The molecule has 0 saturated heterocycles. The van der Waals surface area contributed by atoms with Gasteiger partial charge in [-0.25, -0.2) is 12.7 Å². The molecule has 110 valence electrons. The maximum absolute atomic E-state index is 12.6. The molecule has 0 atom stereocenters. The summed E-state index contributed by atoms with van der Waals surface area (Å²) in [5.41, 5.74) is 1.43. The average Bonchev–Trinajstić information content (AvgIpc) is 2.48. The van der Waals surface area contributed by atoms with Gasteiger partial charge in [0.25, 0.3) is 10.0 Å². The van der Waals surface area contributed by atoms with Crippen LogP contribution >= 0.6 is 0 Å². The summed E-state index contributed by atoms with van der Waals surface area (Å²) in [6.07, 6.45) is 0.853. The topological polar surface area (TPSA) is 54.5 Å². The van der Waals surface area contributed by atoms with E-state index in [2.05, 4.69) is 0 Å². The Hall–Kier alpha value is -2.14. The van der Waals surface area contributed by atoms with Crippen molar-refractivity contribution in [2.45, 2.75) is 25.2 Å². The largest absolute Gasteiger partial charge is 0.274 e. The van der Waals surface area contributed by atoms with Crippen LogP contribution in [0.25, 0.3) is 0 Å². The molecule has 4 nitrogen and oxygen atoms in total. The number of benzene rings is 2. The third-order valence-corrected chi connectivity index (χ3v) is 4.96. The predicted molar refractivity (Wildman–Crippen MR) is 82.6 cm³/mol. The van der Waals surface area contributed by atoms with E-state index >= 15 is 0 Å². The van der Waals surface area contributed by atoms with Crippen LogP contribution in [0.15, 0.2) is 59.5 Å². The second-order valence-electron chi connectivity index (χ2n) is 4.62. The Bertz CT molecular complexity index is 722. The number of hydrogen-bond acceptors (Lipinski definition) is 3. The van der Waals surface area contributed by atoms with Crippen molar-refractivity contribution in [3.63, 3.8) is 0 Å². The molecule has 2 aromatic rings. The lowest BCUT2D eigenvalue weighted by Gasteiger charge is -2.21. The molecule has 2 aromatic carbocycles. The molecule has 0 aromatic heterocycles. The van der Waals surface area contributed by atoms with E-state index in [1.54, 1.807) is 30.3 Å². The molecular formula is C16H17NO3S. The van der Waals surface area contributed by atoms with Crippen molar-refractivity contribution in [3.05, 3.63) is 60.2 Å². The van der Waals surface area contributed by atoms with E-state index in [1.807, 2.05) is 19.1 Å². The summed E-state index contributed by atoms with van der Waals surface area (Å²) in [7, 11) is -3.89. The van der Waals surface area contributed by atoms with Gasteiger partial charge in [-0.3, -0.25) is 4.79 Å². The van der Waals surface area contributed by atoms with E-state index in [0.29, 0.717) is 5.69 Å². The van der Waals surface area contributed by atoms with Crippen molar-refractivity contribution < 1.29 is 13.2 Å². The standard InChI is InChI=1S/C16H17NO3S/c1-3-14-9-11-15(12-10-14)17(13(2)18)21(19,20)16-7-5-4-6-8-16/h4-12H,3H2,1-2H3. The van der Waals surface area contributed by atoms with Crippen LogP contribution in [0.4, 0.5) is 5.69 Å². The van der Waals surface area contributed by atoms with E-state index in [1.165, 1.54) is 19.1 Å². The summed E-state index contributed by atoms with van der Waals surface area (Å²) in [6, 6.07) is 14.9. The van der Waals surface area contributed by atoms with Gasteiger partial charge in [0.1, 0.15) is 0 Å². The zero-order valence-corrected chi connectivity index (χ0v) is 12.8. The lowest BCUT2D eigenvalue weighted by Crippen LogP contribution is -2.35. The lowest BCUT2D eigenvalue weighted by atomic mass is 10.1. The summed E-state index contributed by atoms with van der Waals surface area (Å²) in [5, 5.41) is 0. The normalized spacial score (nSPS) is 11.1. The Balaban J connectivity index is 2.50. The number of aryl methyl sites for hydroxylation is 1. The highest BCUT2D eigenvalue weighted by Crippen LogP contribution is 2.24. The minimum absolute atomic E-state index is 0.0970. The summed E-state index contributed by atoms with van der Waals surface area (Å²) in [6.45, 7) is 3.26. The van der Waals surface area contributed by atoms with Crippen LogP contribution in [-0.4, -0.2) is 14.3 Å². The first-order chi connectivity index (χ1) is 9.96. The van der Waals surface area contributed by atoms with Gasteiger partial charge < -0.3 is 0 Å². The minimum Gasteiger partial charge on any atom is -0.274 e. The van der Waals surface area contributed by atoms with E-state index in [-0.39, 0.29) is 4.90 Å². The van der Waals surface area contributed by atoms with Crippen molar-refractivity contribution in [1.82, 2.24) is 0 Å². The van der Waals surface area contributed by atoms with Crippen LogP contribution in [0.1, 0.15) is 19.4 Å². The molecule has 5 heteroatoms. The third kappa shape index (κ3) is 3.13. The van der Waals surface area contributed by atoms with Crippen molar-refractivity contribution in [1.29, 1.82) is 0 Å². The SMILES string of the molecule is CCc1ccc(N(C(C)=O)S(=O)(=O)c2ccccc2)cc1. The first kappa shape index (κ1) is 15.3. The number of anilines is 1. The highest BCUT2D eigenvalue weighted by atomic mass is 32.2. The summed E-state index contributed by atoms with van der Waals surface area (Å²) >= 11 is 0. The molecule has 0 aliphatic heterocycles. The Kier molecular flexibility index (Phi) is 4.43. The van der Waals surface area contributed by atoms with Crippen molar-refractivity contribution in [2.24, 2.45) is 0 Å². The fourth-order valence-corrected chi connectivity index (χ4v) is 3.50. The smallest absolute Gasteiger partial charge is 0.270 e. The van der Waals surface area contributed by atoms with Crippen LogP contribution in [0.2, 0.25) is 0 Å². The van der Waals surface area contributed by atoms with Crippen LogP contribution in [0.5, 0.6) is 0 Å². The van der Waals surface area contributed by atoms with Crippen LogP contribution in [-0.2, 0) is 21.2 Å². The van der Waals surface area contributed by atoms with Crippen LogP contribution in [0.3, 0.4) is 0 Å². The predicted octanol–water partition coefficient (Wildman–Crippen LogP) is 2.99. The Morgan fingerprint density at radius 1 is 1.00 bits per heavy atom. The van der Waals surface area contributed by atoms with Crippen LogP contribution < -0.4 is 4.31 Å². The molecule has 0 bridgehead atoms. The molecule has 21 heavy (non-hydrogen) atoms. The minimum atomic E-state index is -3.89. The molecule has 0 N–H and O–H groups in total. The van der Waals surface area contributed by atoms with E-state index in [9.17, 15) is 13.2 Å². The van der Waals surface area contributed by atoms with Gasteiger partial charge in [-0.2, -0.15) is 0 Å². The molecule has 0 saturated carbocycles. The van der Waals surface area contributed by atoms with Gasteiger partial charge >= 0.3 is 0 Å². The number of sulfonamides is 1. The number of nitrogens with zero attached hydrogens (tertiary/aromatic N) is 1. The molecule has 0 radical (unpaired) electrons. The van der Waals surface area contributed by atoms with Gasteiger partial charge in [0, 0.05) is 6.92 Å². The van der Waals surface area contributed by atoms with Crippen molar-refractivity contribution in [3.8, 4) is 0 Å². The van der Waals surface area contributed by atoms with Gasteiger partial charge in [0.05, 0.1) is 10.6 Å². The molecule has 1 amide bonds. The highest BCUT2D eigenvalue weighted by molar-refractivity contribution is 7.93. The highest BCUT2D eigenvalue weighted by Gasteiger charge is 2.28. The molecule has 2 rings (SSSR count). The third-order valence-electron chi connectivity index (χ3n) is 3.15. The van der Waals surface area contributed by atoms with Crippen LogP contribution in [0, 0.1) is 0 Å². The quantitative estimate of drug-likeness (QED) is 0.872. The molecule has 0 aliphatic rings. The lowest BCUT2D eigenvalue weighted by molar-refractivity contribution is -0.115. The monoisotopic (exact) mass is 303 g/mol. The number of hydrogen-bond donors (Lipinski definition) is 0. The summed E-state index contributed by atoms with van der Waals surface area (Å²) in [5.74, 6) is -0.539. The second kappa shape index (κ2) is 6.10. The number of carbonyl (C=O) groups excluding carboxylic acids is 1. The molecule has 0 fully saturated rings. The molecule has 0 heterocycles. The van der Waals surface area contributed by atoms with E-state index in [4.69, 9.17) is 0 Å². The van der Waals surface area contributed by atoms with Gasteiger partial charge in [-0.05, 0) is 36.2 Å². The zero-order chi connectivity index (χ0) is 15.5. The maximum atomic E-state index is 12.6. The van der Waals surface area contributed by atoms with Crippen molar-refractivity contribution in [2.75, 3.05) is 4.31 Å². The number of carbonyl (C=O) groups is 1. The van der Waals surface area contributed by atoms with E-state index < -0.39 is 15.9 Å². The summed E-state index contributed by atoms with van der Waals surface area (Å²) < 4.78 is 26.1. The molecule has 0 unspecified atom stereocenters. The van der Waals surface area contributed by atoms with Gasteiger partial charge in [0.15, 0.2) is 0 Å². The van der Waals surface area contributed by atoms with Gasteiger partial charge in [0.2, 0.25) is 5.91 Å². The van der Waals surface area contributed by atoms with Gasteiger partial charge in [-0.1, -0.05) is 37.3 Å².